The Hall–Kier alpha value is -6.21. The van der Waals surface area contributed by atoms with Crippen LogP contribution >= 0.6 is 23.5 Å². The fourth-order valence-electron chi connectivity index (χ4n) is 7.61. The lowest BCUT2D eigenvalue weighted by atomic mass is 10.0. The van der Waals surface area contributed by atoms with Gasteiger partial charge in [-0.1, -0.05) is 102 Å². The minimum absolute atomic E-state index is 0.640. The smallest absolute Gasteiger partial charge is 0.227 e. The molecule has 0 saturated carbocycles. The number of nitrogens with zero attached hydrogens (tertiary/aromatic N) is 3. The van der Waals surface area contributed by atoms with Gasteiger partial charge in [0.15, 0.2) is 0 Å². The molecule has 2 aromatic heterocycles. The summed E-state index contributed by atoms with van der Waals surface area (Å²) in [5, 5.41) is 2.05. The molecule has 6 heteroatoms. The van der Waals surface area contributed by atoms with Crippen LogP contribution in [-0.4, -0.2) is 4.98 Å². The molecule has 0 radical (unpaired) electrons. The van der Waals surface area contributed by atoms with Crippen LogP contribution < -0.4 is 9.80 Å². The summed E-state index contributed by atoms with van der Waals surface area (Å²) < 4.78 is 6.30. The molecule has 2 aliphatic heterocycles. The second kappa shape index (κ2) is 12.2. The number of rotatable bonds is 4. The molecular formula is C47H29N3OS2. The average Bonchev–Trinajstić information content (AvgIpc) is 3.59. The summed E-state index contributed by atoms with van der Waals surface area (Å²) in [5.41, 5.74) is 12.9. The van der Waals surface area contributed by atoms with E-state index < -0.39 is 0 Å². The number of benzene rings is 7. The maximum Gasteiger partial charge on any atom is 0.227 e. The van der Waals surface area contributed by atoms with Crippen LogP contribution in [0.4, 0.5) is 34.1 Å². The average molecular weight is 716 g/mol. The van der Waals surface area contributed by atoms with Crippen molar-refractivity contribution < 1.29 is 4.42 Å². The van der Waals surface area contributed by atoms with E-state index in [4.69, 9.17) is 9.40 Å². The van der Waals surface area contributed by atoms with E-state index in [1.807, 2.05) is 29.7 Å². The van der Waals surface area contributed by atoms with Gasteiger partial charge in [-0.3, -0.25) is 0 Å². The Labute approximate surface area is 315 Å². The lowest BCUT2D eigenvalue weighted by Gasteiger charge is -2.33. The molecule has 0 atom stereocenters. The molecule has 11 rings (SSSR count). The van der Waals surface area contributed by atoms with Crippen molar-refractivity contribution in [2.24, 2.45) is 0 Å². The third-order valence-electron chi connectivity index (χ3n) is 10.1. The van der Waals surface area contributed by atoms with Crippen molar-refractivity contribution in [3.63, 3.8) is 0 Å². The molecule has 250 valence electrons. The summed E-state index contributed by atoms with van der Waals surface area (Å²) in [5.74, 6) is 0. The van der Waals surface area contributed by atoms with Crippen LogP contribution in [0.5, 0.6) is 0 Å². The normalized spacial score (nSPS) is 13.1. The van der Waals surface area contributed by atoms with Gasteiger partial charge in [-0.25, -0.2) is 4.98 Å². The molecule has 0 spiro atoms. The first-order valence-electron chi connectivity index (χ1n) is 17.6. The number of hydrogen-bond donors (Lipinski definition) is 0. The first kappa shape index (κ1) is 30.4. The Morgan fingerprint density at radius 1 is 0.396 bits per heavy atom. The number of furan rings is 1. The summed E-state index contributed by atoms with van der Waals surface area (Å²) in [6.45, 7) is 0. The van der Waals surface area contributed by atoms with E-state index in [9.17, 15) is 0 Å². The molecule has 0 saturated heterocycles. The second-order valence-corrected chi connectivity index (χ2v) is 15.4. The van der Waals surface area contributed by atoms with Gasteiger partial charge in [-0.15, -0.1) is 0 Å². The van der Waals surface area contributed by atoms with Crippen molar-refractivity contribution in [1.29, 1.82) is 0 Å². The minimum atomic E-state index is 0.640. The quantitative estimate of drug-likeness (QED) is 0.180. The predicted octanol–water partition coefficient (Wildman–Crippen LogP) is 14.2. The van der Waals surface area contributed by atoms with Crippen LogP contribution in [0.15, 0.2) is 200 Å². The highest BCUT2D eigenvalue weighted by atomic mass is 32.2. The number of fused-ring (bicyclic) bond motifs is 7. The Morgan fingerprint density at radius 2 is 0.849 bits per heavy atom. The molecule has 4 nitrogen and oxygen atoms in total. The molecule has 0 aliphatic carbocycles. The van der Waals surface area contributed by atoms with E-state index in [0.717, 1.165) is 50.0 Å². The van der Waals surface area contributed by atoms with Crippen molar-refractivity contribution >= 4 is 79.7 Å². The highest BCUT2D eigenvalue weighted by Gasteiger charge is 2.26. The number of hydrogen-bond acceptors (Lipinski definition) is 6. The van der Waals surface area contributed by atoms with Crippen LogP contribution in [0.3, 0.4) is 0 Å². The van der Waals surface area contributed by atoms with Crippen LogP contribution in [-0.2, 0) is 0 Å². The third kappa shape index (κ3) is 5.06. The summed E-state index contributed by atoms with van der Waals surface area (Å²) >= 11 is 3.65. The van der Waals surface area contributed by atoms with Crippen LogP contribution in [0.1, 0.15) is 0 Å². The lowest BCUT2D eigenvalue weighted by molar-refractivity contribution is 0.654. The van der Waals surface area contributed by atoms with Crippen LogP contribution in [0, 0.1) is 0 Å². The van der Waals surface area contributed by atoms with E-state index >= 15 is 0 Å². The van der Waals surface area contributed by atoms with Gasteiger partial charge >= 0.3 is 0 Å². The molecule has 2 aliphatic rings. The van der Waals surface area contributed by atoms with Gasteiger partial charge in [0, 0.05) is 53.5 Å². The van der Waals surface area contributed by atoms with Crippen molar-refractivity contribution in [3.8, 4) is 22.3 Å². The van der Waals surface area contributed by atoms with Gasteiger partial charge in [0.2, 0.25) is 5.71 Å². The molecule has 7 aromatic carbocycles. The van der Waals surface area contributed by atoms with Crippen LogP contribution in [0.2, 0.25) is 0 Å². The summed E-state index contributed by atoms with van der Waals surface area (Å²) in [6, 6.07) is 60.8. The Bertz CT molecular complexity index is 2610. The molecule has 0 unspecified atom stereocenters. The van der Waals surface area contributed by atoms with Gasteiger partial charge in [0.25, 0.3) is 0 Å². The van der Waals surface area contributed by atoms with Gasteiger partial charge in [0.05, 0.1) is 22.7 Å². The maximum absolute atomic E-state index is 6.30. The van der Waals surface area contributed by atoms with E-state index in [1.165, 1.54) is 42.3 Å². The molecule has 0 bridgehead atoms. The SMILES string of the molecule is c1cc(-c2ccc3oc4ncc(-c5cccc(N6c7ccccc7Sc7ccccc76)c5)cc4c3c2)cc(N2c3ccccc3Sc3ccccc32)c1. The fraction of sp³-hybridized carbons (Fsp3) is 0. The zero-order valence-corrected chi connectivity index (χ0v) is 29.9. The Kier molecular flexibility index (Phi) is 7.00. The van der Waals surface area contributed by atoms with Gasteiger partial charge in [-0.2, -0.15) is 0 Å². The van der Waals surface area contributed by atoms with E-state index in [0.29, 0.717) is 5.71 Å². The van der Waals surface area contributed by atoms with Gasteiger partial charge < -0.3 is 14.2 Å². The minimum Gasteiger partial charge on any atom is -0.438 e. The van der Waals surface area contributed by atoms with Gasteiger partial charge in [-0.05, 0) is 108 Å². The van der Waals surface area contributed by atoms with Crippen LogP contribution in [0.25, 0.3) is 44.3 Å². The number of anilines is 6. The van der Waals surface area contributed by atoms with E-state index in [2.05, 4.69) is 180 Å². The number of pyridine rings is 1. The second-order valence-electron chi connectivity index (χ2n) is 13.2. The van der Waals surface area contributed by atoms with Crippen molar-refractivity contribution in [3.05, 3.63) is 176 Å². The largest absolute Gasteiger partial charge is 0.438 e. The molecule has 0 N–H and O–H groups in total. The molecule has 0 amide bonds. The predicted molar refractivity (Wildman–Crippen MR) is 220 cm³/mol. The van der Waals surface area contributed by atoms with Crippen molar-refractivity contribution in [2.45, 2.75) is 19.6 Å². The number of aromatic nitrogens is 1. The topological polar surface area (TPSA) is 32.5 Å². The summed E-state index contributed by atoms with van der Waals surface area (Å²) in [4.78, 5) is 14.6. The zero-order valence-electron chi connectivity index (χ0n) is 28.3. The Balaban J connectivity index is 0.987. The summed E-state index contributed by atoms with van der Waals surface area (Å²) in [6.07, 6.45) is 1.93. The van der Waals surface area contributed by atoms with E-state index in [-0.39, 0.29) is 0 Å². The monoisotopic (exact) mass is 715 g/mol. The third-order valence-corrected chi connectivity index (χ3v) is 12.3. The standard InChI is InChI=1S/C47H29N3OS2/c1-5-19-43-38(15-1)49(39-16-2-6-20-44(39)52-43)34-13-9-11-30(25-34)32-23-24-42-36(27-32)37-28-33(29-48-47(37)51-42)31-12-10-14-35(26-31)50-40-17-3-7-21-45(40)53-46-22-8-4-18-41(46)50/h1-29H. The molecule has 0 fully saturated rings. The molecule has 9 aromatic rings. The first-order chi connectivity index (χ1) is 26.2. The maximum atomic E-state index is 6.30. The summed E-state index contributed by atoms with van der Waals surface area (Å²) in [7, 11) is 0. The number of para-hydroxylation sites is 4. The fourth-order valence-corrected chi connectivity index (χ4v) is 9.73. The highest BCUT2D eigenvalue weighted by Crippen LogP contribution is 2.53. The molecular weight excluding hydrogens is 687 g/mol. The lowest BCUT2D eigenvalue weighted by Crippen LogP contribution is -2.14. The zero-order chi connectivity index (χ0) is 34.9. The molecule has 4 heterocycles. The Morgan fingerprint density at radius 3 is 1.38 bits per heavy atom. The highest BCUT2D eigenvalue weighted by molar-refractivity contribution is 8.00. The van der Waals surface area contributed by atoms with Crippen molar-refractivity contribution in [2.75, 3.05) is 9.80 Å². The van der Waals surface area contributed by atoms with Crippen molar-refractivity contribution in [1.82, 2.24) is 4.98 Å². The van der Waals surface area contributed by atoms with Gasteiger partial charge in [0.1, 0.15) is 5.58 Å². The molecule has 53 heavy (non-hydrogen) atoms. The van der Waals surface area contributed by atoms with E-state index in [1.54, 1.807) is 0 Å². The first-order valence-corrected chi connectivity index (χ1v) is 19.2.